The number of nitrogens with one attached hydrogen (secondary N) is 2. The Hall–Kier alpha value is -1.46. The SMILES string of the molecule is CNN(C)Cc1c[nH]c2c(F)cc(F)cc12. The number of rotatable bonds is 3. The zero-order valence-electron chi connectivity index (χ0n) is 9.14. The van der Waals surface area contributed by atoms with Gasteiger partial charge in [0, 0.05) is 31.2 Å². The number of halogens is 2. The van der Waals surface area contributed by atoms with Gasteiger partial charge in [0.1, 0.15) is 11.6 Å². The third kappa shape index (κ3) is 1.91. The Bertz CT molecular complexity index is 507. The highest BCUT2D eigenvalue weighted by Gasteiger charge is 2.10. The van der Waals surface area contributed by atoms with E-state index in [0.29, 0.717) is 17.4 Å². The average Bonchev–Trinajstić information content (AvgIpc) is 2.61. The number of nitrogens with zero attached hydrogens (tertiary/aromatic N) is 1. The van der Waals surface area contributed by atoms with Gasteiger partial charge in [0.2, 0.25) is 0 Å². The molecule has 0 atom stereocenters. The van der Waals surface area contributed by atoms with Gasteiger partial charge in [0.15, 0.2) is 0 Å². The second-order valence-corrected chi connectivity index (χ2v) is 3.70. The predicted molar refractivity (Wildman–Crippen MR) is 58.7 cm³/mol. The summed E-state index contributed by atoms with van der Waals surface area (Å²) in [6.07, 6.45) is 1.70. The largest absolute Gasteiger partial charge is 0.358 e. The fraction of sp³-hybridized carbons (Fsp3) is 0.273. The first-order valence-corrected chi connectivity index (χ1v) is 4.95. The zero-order chi connectivity index (χ0) is 11.7. The Morgan fingerprint density at radius 1 is 1.38 bits per heavy atom. The van der Waals surface area contributed by atoms with Crippen molar-refractivity contribution in [2.75, 3.05) is 14.1 Å². The van der Waals surface area contributed by atoms with Gasteiger partial charge in [-0.25, -0.2) is 13.8 Å². The van der Waals surface area contributed by atoms with Gasteiger partial charge >= 0.3 is 0 Å². The molecule has 5 heteroatoms. The minimum atomic E-state index is -0.562. The molecule has 2 aromatic rings. The lowest BCUT2D eigenvalue weighted by Gasteiger charge is -2.13. The number of fused-ring (bicyclic) bond motifs is 1. The normalized spacial score (nSPS) is 11.6. The van der Waals surface area contributed by atoms with Crippen molar-refractivity contribution in [2.24, 2.45) is 0 Å². The number of benzene rings is 1. The highest BCUT2D eigenvalue weighted by molar-refractivity contribution is 5.83. The maximum absolute atomic E-state index is 13.4. The monoisotopic (exact) mass is 225 g/mol. The first kappa shape index (κ1) is 11.0. The lowest BCUT2D eigenvalue weighted by molar-refractivity contribution is 0.252. The summed E-state index contributed by atoms with van der Waals surface area (Å²) in [5, 5.41) is 2.41. The van der Waals surface area contributed by atoms with Gasteiger partial charge in [-0.15, -0.1) is 0 Å². The average molecular weight is 225 g/mol. The van der Waals surface area contributed by atoms with Crippen LogP contribution in [0.1, 0.15) is 5.56 Å². The summed E-state index contributed by atoms with van der Waals surface area (Å²) >= 11 is 0. The molecule has 3 nitrogen and oxygen atoms in total. The van der Waals surface area contributed by atoms with E-state index >= 15 is 0 Å². The summed E-state index contributed by atoms with van der Waals surface area (Å²) in [7, 11) is 3.64. The van der Waals surface area contributed by atoms with Gasteiger partial charge in [0.25, 0.3) is 0 Å². The zero-order valence-corrected chi connectivity index (χ0v) is 9.14. The molecule has 0 aliphatic carbocycles. The lowest BCUT2D eigenvalue weighted by atomic mass is 10.1. The van der Waals surface area contributed by atoms with E-state index in [-0.39, 0.29) is 0 Å². The molecule has 86 valence electrons. The molecule has 1 aromatic carbocycles. The molecule has 0 fully saturated rings. The minimum absolute atomic E-state index is 0.348. The number of H-pyrrole nitrogens is 1. The van der Waals surface area contributed by atoms with Gasteiger partial charge in [-0.05, 0) is 18.7 Å². The molecule has 0 aliphatic rings. The molecule has 1 heterocycles. The van der Waals surface area contributed by atoms with Crippen molar-refractivity contribution in [3.8, 4) is 0 Å². The minimum Gasteiger partial charge on any atom is -0.358 e. The number of aromatic nitrogens is 1. The van der Waals surface area contributed by atoms with Crippen molar-refractivity contribution in [3.05, 3.63) is 35.5 Å². The summed E-state index contributed by atoms with van der Waals surface area (Å²) in [4.78, 5) is 2.82. The van der Waals surface area contributed by atoms with Gasteiger partial charge in [-0.1, -0.05) is 0 Å². The van der Waals surface area contributed by atoms with Crippen LogP contribution in [0.15, 0.2) is 18.3 Å². The van der Waals surface area contributed by atoms with E-state index in [0.717, 1.165) is 11.6 Å². The molecule has 1 aromatic heterocycles. The van der Waals surface area contributed by atoms with Gasteiger partial charge in [-0.3, -0.25) is 5.43 Å². The predicted octanol–water partition coefficient (Wildman–Crippen LogP) is 2.01. The Kier molecular flexibility index (Phi) is 2.89. The molecule has 0 saturated heterocycles. The number of aromatic amines is 1. The van der Waals surface area contributed by atoms with Crippen LogP contribution in [-0.2, 0) is 6.54 Å². The van der Waals surface area contributed by atoms with Crippen LogP contribution in [0.25, 0.3) is 10.9 Å². The Morgan fingerprint density at radius 2 is 2.12 bits per heavy atom. The molecule has 0 aliphatic heterocycles. The van der Waals surface area contributed by atoms with Crippen molar-refractivity contribution >= 4 is 10.9 Å². The Balaban J connectivity index is 2.47. The molecule has 0 unspecified atom stereocenters. The first-order chi connectivity index (χ1) is 7.61. The maximum Gasteiger partial charge on any atom is 0.150 e. The van der Waals surface area contributed by atoms with Crippen LogP contribution in [0, 0.1) is 11.6 Å². The number of hydrazine groups is 1. The standard InChI is InChI=1S/C11H13F2N3/c1-14-16(2)6-7-5-15-11-9(7)3-8(12)4-10(11)13/h3-5,14-15H,6H2,1-2H3. The third-order valence-electron chi connectivity index (χ3n) is 2.58. The Labute approximate surface area is 92.0 Å². The second-order valence-electron chi connectivity index (χ2n) is 3.70. The van der Waals surface area contributed by atoms with Crippen LogP contribution in [0.5, 0.6) is 0 Å². The molecule has 0 bridgehead atoms. The smallest absolute Gasteiger partial charge is 0.150 e. The summed E-state index contributed by atoms with van der Waals surface area (Å²) in [5.41, 5.74) is 4.13. The van der Waals surface area contributed by atoms with E-state index in [1.54, 1.807) is 13.2 Å². The van der Waals surface area contributed by atoms with Crippen molar-refractivity contribution in [1.29, 1.82) is 0 Å². The first-order valence-electron chi connectivity index (χ1n) is 4.95. The molecular weight excluding hydrogens is 212 g/mol. The number of hydrogen-bond acceptors (Lipinski definition) is 2. The fourth-order valence-corrected chi connectivity index (χ4v) is 1.68. The van der Waals surface area contributed by atoms with Crippen LogP contribution < -0.4 is 5.43 Å². The van der Waals surface area contributed by atoms with E-state index in [2.05, 4.69) is 10.4 Å². The third-order valence-corrected chi connectivity index (χ3v) is 2.58. The van der Waals surface area contributed by atoms with E-state index in [9.17, 15) is 8.78 Å². The second kappa shape index (κ2) is 4.19. The van der Waals surface area contributed by atoms with E-state index in [1.165, 1.54) is 6.07 Å². The Morgan fingerprint density at radius 3 is 2.81 bits per heavy atom. The molecule has 2 N–H and O–H groups in total. The highest BCUT2D eigenvalue weighted by Crippen LogP contribution is 2.23. The van der Waals surface area contributed by atoms with Crippen LogP contribution in [-0.4, -0.2) is 24.1 Å². The fourth-order valence-electron chi connectivity index (χ4n) is 1.68. The van der Waals surface area contributed by atoms with E-state index in [4.69, 9.17) is 0 Å². The molecular formula is C11H13F2N3. The van der Waals surface area contributed by atoms with Gasteiger partial charge in [0.05, 0.1) is 5.52 Å². The summed E-state index contributed by atoms with van der Waals surface area (Å²) < 4.78 is 26.5. The molecule has 2 rings (SSSR count). The van der Waals surface area contributed by atoms with Crippen molar-refractivity contribution < 1.29 is 8.78 Å². The van der Waals surface area contributed by atoms with Crippen molar-refractivity contribution in [3.63, 3.8) is 0 Å². The maximum atomic E-state index is 13.4. The lowest BCUT2D eigenvalue weighted by Crippen LogP contribution is -2.29. The van der Waals surface area contributed by atoms with Crippen LogP contribution in [0.4, 0.5) is 8.78 Å². The molecule has 0 spiro atoms. The summed E-state index contributed by atoms with van der Waals surface area (Å²) in [6.45, 7) is 0.569. The van der Waals surface area contributed by atoms with Crippen LogP contribution in [0.2, 0.25) is 0 Å². The molecule has 16 heavy (non-hydrogen) atoms. The van der Waals surface area contributed by atoms with Crippen LogP contribution >= 0.6 is 0 Å². The summed E-state index contributed by atoms with van der Waals surface area (Å²) in [5.74, 6) is -1.12. The molecule has 0 saturated carbocycles. The van der Waals surface area contributed by atoms with Crippen LogP contribution in [0.3, 0.4) is 0 Å². The van der Waals surface area contributed by atoms with Gasteiger partial charge < -0.3 is 4.98 Å². The topological polar surface area (TPSA) is 31.1 Å². The number of hydrogen-bond donors (Lipinski definition) is 2. The quantitative estimate of drug-likeness (QED) is 0.783. The van der Waals surface area contributed by atoms with Gasteiger partial charge in [-0.2, -0.15) is 0 Å². The highest BCUT2D eigenvalue weighted by atomic mass is 19.1. The van der Waals surface area contributed by atoms with E-state index < -0.39 is 11.6 Å². The van der Waals surface area contributed by atoms with Crippen molar-refractivity contribution in [1.82, 2.24) is 15.4 Å². The van der Waals surface area contributed by atoms with E-state index in [1.807, 2.05) is 12.1 Å². The molecule has 0 amide bonds. The molecule has 0 radical (unpaired) electrons. The van der Waals surface area contributed by atoms with Crippen molar-refractivity contribution in [2.45, 2.75) is 6.54 Å². The summed E-state index contributed by atoms with van der Waals surface area (Å²) in [6, 6.07) is 2.22.